The van der Waals surface area contributed by atoms with E-state index in [2.05, 4.69) is 4.57 Å². The first-order valence-corrected chi connectivity index (χ1v) is 7.71. The number of fused-ring (bicyclic) bond motifs is 3. The van der Waals surface area contributed by atoms with Crippen LogP contribution in [0.3, 0.4) is 0 Å². The molecule has 0 radical (unpaired) electrons. The Morgan fingerprint density at radius 1 is 1.18 bits per heavy atom. The van der Waals surface area contributed by atoms with E-state index in [-0.39, 0.29) is 11.7 Å². The number of ketones is 1. The molecule has 0 spiro atoms. The molecule has 1 aliphatic heterocycles. The van der Waals surface area contributed by atoms with E-state index in [0.29, 0.717) is 5.75 Å². The maximum Gasteiger partial charge on any atom is 0.168 e. The van der Waals surface area contributed by atoms with Gasteiger partial charge in [-0.25, -0.2) is 0 Å². The molecule has 1 aliphatic carbocycles. The molecule has 1 aromatic heterocycles. The van der Waals surface area contributed by atoms with Gasteiger partial charge >= 0.3 is 0 Å². The number of Topliss-reactive ketones (excluding diaryl/α,β-unsaturated/α-hetero) is 1. The van der Waals surface area contributed by atoms with Gasteiger partial charge in [-0.2, -0.15) is 0 Å². The standard InChI is InChI=1S/C18H19NO3/c1-21-15-9-12-5-7-19-8-6-13(18(20)11-3-4-11)17(19)14(12)10-16(15)22-2/h6,8-11H,3-5,7H2,1-2H3. The summed E-state index contributed by atoms with van der Waals surface area (Å²) in [6, 6.07) is 6.01. The first-order chi connectivity index (χ1) is 10.7. The summed E-state index contributed by atoms with van der Waals surface area (Å²) in [4.78, 5) is 12.6. The summed E-state index contributed by atoms with van der Waals surface area (Å²) in [6.45, 7) is 0.899. The zero-order valence-electron chi connectivity index (χ0n) is 12.9. The van der Waals surface area contributed by atoms with Gasteiger partial charge in [-0.15, -0.1) is 0 Å². The van der Waals surface area contributed by atoms with Gasteiger partial charge in [0.1, 0.15) is 0 Å². The molecule has 22 heavy (non-hydrogen) atoms. The highest BCUT2D eigenvalue weighted by Gasteiger charge is 2.34. The lowest BCUT2D eigenvalue weighted by atomic mass is 9.93. The topological polar surface area (TPSA) is 40.5 Å². The average molecular weight is 297 g/mol. The first-order valence-electron chi connectivity index (χ1n) is 7.71. The summed E-state index contributed by atoms with van der Waals surface area (Å²) in [5.41, 5.74) is 4.21. The Morgan fingerprint density at radius 3 is 2.59 bits per heavy atom. The second-order valence-electron chi connectivity index (χ2n) is 6.02. The van der Waals surface area contributed by atoms with Crippen LogP contribution in [0.1, 0.15) is 28.8 Å². The number of ether oxygens (including phenoxy) is 2. The van der Waals surface area contributed by atoms with Gasteiger partial charge in [0.15, 0.2) is 17.3 Å². The number of aromatic nitrogens is 1. The van der Waals surface area contributed by atoms with Gasteiger partial charge in [0.05, 0.1) is 19.9 Å². The van der Waals surface area contributed by atoms with E-state index < -0.39 is 0 Å². The highest BCUT2D eigenvalue weighted by Crippen LogP contribution is 2.42. The van der Waals surface area contributed by atoms with Crippen LogP contribution in [0.5, 0.6) is 11.5 Å². The third kappa shape index (κ3) is 1.94. The van der Waals surface area contributed by atoms with Gasteiger partial charge in [0.25, 0.3) is 0 Å². The van der Waals surface area contributed by atoms with Gasteiger partial charge < -0.3 is 14.0 Å². The Hall–Kier alpha value is -2.23. The van der Waals surface area contributed by atoms with Crippen LogP contribution >= 0.6 is 0 Å². The molecule has 2 aromatic rings. The number of hydrogen-bond donors (Lipinski definition) is 0. The van der Waals surface area contributed by atoms with Crippen LogP contribution in [0.25, 0.3) is 11.3 Å². The van der Waals surface area contributed by atoms with Crippen molar-refractivity contribution >= 4 is 5.78 Å². The number of methoxy groups -OCH3 is 2. The monoisotopic (exact) mass is 297 g/mol. The zero-order valence-corrected chi connectivity index (χ0v) is 12.9. The maximum atomic E-state index is 12.6. The lowest BCUT2D eigenvalue weighted by molar-refractivity contribution is 0.0968. The van der Waals surface area contributed by atoms with Crippen LogP contribution in [-0.4, -0.2) is 24.6 Å². The summed E-state index contributed by atoms with van der Waals surface area (Å²) >= 11 is 0. The van der Waals surface area contributed by atoms with Gasteiger partial charge in [-0.05, 0) is 43.0 Å². The summed E-state index contributed by atoms with van der Waals surface area (Å²) < 4.78 is 13.0. The van der Waals surface area contributed by atoms with Crippen molar-refractivity contribution in [3.05, 3.63) is 35.5 Å². The van der Waals surface area contributed by atoms with Crippen molar-refractivity contribution in [3.63, 3.8) is 0 Å². The van der Waals surface area contributed by atoms with Crippen LogP contribution in [0.15, 0.2) is 24.4 Å². The second-order valence-corrected chi connectivity index (χ2v) is 6.02. The van der Waals surface area contributed by atoms with E-state index in [1.165, 1.54) is 5.56 Å². The van der Waals surface area contributed by atoms with Crippen molar-refractivity contribution in [2.24, 2.45) is 5.92 Å². The van der Waals surface area contributed by atoms with Crippen molar-refractivity contribution in [2.75, 3.05) is 14.2 Å². The molecule has 2 aliphatic rings. The second kappa shape index (κ2) is 4.90. The largest absolute Gasteiger partial charge is 0.493 e. The van der Waals surface area contributed by atoms with E-state index in [1.807, 2.05) is 24.4 Å². The molecule has 4 heteroatoms. The lowest BCUT2D eigenvalue weighted by Gasteiger charge is -2.22. The number of aryl methyl sites for hydroxylation is 2. The number of carbonyl (C=O) groups excluding carboxylic acids is 1. The fourth-order valence-electron chi connectivity index (χ4n) is 3.31. The van der Waals surface area contributed by atoms with Crippen molar-refractivity contribution < 1.29 is 14.3 Å². The third-order valence-electron chi connectivity index (χ3n) is 4.66. The van der Waals surface area contributed by atoms with E-state index in [9.17, 15) is 4.79 Å². The van der Waals surface area contributed by atoms with Crippen LogP contribution in [-0.2, 0) is 13.0 Å². The van der Waals surface area contributed by atoms with Gasteiger partial charge in [0, 0.05) is 29.8 Å². The minimum absolute atomic E-state index is 0.234. The molecule has 0 amide bonds. The molecule has 1 saturated carbocycles. The molecular formula is C18H19NO3. The fraction of sp³-hybridized carbons (Fsp3) is 0.389. The molecule has 4 rings (SSSR count). The molecule has 1 aromatic carbocycles. The Kier molecular flexibility index (Phi) is 2.99. The summed E-state index contributed by atoms with van der Waals surface area (Å²) in [7, 11) is 3.29. The van der Waals surface area contributed by atoms with Crippen molar-refractivity contribution in [2.45, 2.75) is 25.8 Å². The first kappa shape index (κ1) is 13.4. The van der Waals surface area contributed by atoms with Gasteiger partial charge in [-0.1, -0.05) is 0 Å². The molecule has 0 saturated heterocycles. The summed E-state index contributed by atoms with van der Waals surface area (Å²) in [6.07, 6.45) is 5.03. The van der Waals surface area contributed by atoms with Gasteiger partial charge in [0.2, 0.25) is 0 Å². The SMILES string of the molecule is COc1cc2c(cc1OC)-c1c(C(=O)C3CC3)ccn1CC2. The minimum Gasteiger partial charge on any atom is -0.493 e. The van der Waals surface area contributed by atoms with Crippen LogP contribution in [0, 0.1) is 5.92 Å². The number of benzene rings is 1. The lowest BCUT2D eigenvalue weighted by Crippen LogP contribution is -2.13. The van der Waals surface area contributed by atoms with Gasteiger partial charge in [-0.3, -0.25) is 4.79 Å². The van der Waals surface area contributed by atoms with E-state index in [1.54, 1.807) is 14.2 Å². The van der Waals surface area contributed by atoms with Crippen molar-refractivity contribution in [1.29, 1.82) is 0 Å². The van der Waals surface area contributed by atoms with Crippen LogP contribution < -0.4 is 9.47 Å². The molecule has 1 fully saturated rings. The van der Waals surface area contributed by atoms with Crippen LogP contribution in [0.4, 0.5) is 0 Å². The van der Waals surface area contributed by atoms with E-state index in [4.69, 9.17) is 9.47 Å². The highest BCUT2D eigenvalue weighted by atomic mass is 16.5. The normalized spacial score (nSPS) is 15.9. The smallest absolute Gasteiger partial charge is 0.168 e. The number of hydrogen-bond acceptors (Lipinski definition) is 3. The Labute approximate surface area is 129 Å². The predicted octanol–water partition coefficient (Wildman–Crippen LogP) is 3.32. The molecule has 0 unspecified atom stereocenters. The molecular weight excluding hydrogens is 278 g/mol. The van der Waals surface area contributed by atoms with Crippen LogP contribution in [0.2, 0.25) is 0 Å². The summed E-state index contributed by atoms with van der Waals surface area (Å²) in [5.74, 6) is 1.98. The number of carbonyl (C=O) groups is 1. The molecule has 114 valence electrons. The molecule has 0 N–H and O–H groups in total. The molecule has 0 atom stereocenters. The molecule has 4 nitrogen and oxygen atoms in total. The van der Waals surface area contributed by atoms with E-state index >= 15 is 0 Å². The number of rotatable bonds is 4. The number of nitrogens with zero attached hydrogens (tertiary/aromatic N) is 1. The maximum absolute atomic E-state index is 12.6. The molecule has 2 heterocycles. The third-order valence-corrected chi connectivity index (χ3v) is 4.66. The zero-order chi connectivity index (χ0) is 15.3. The Morgan fingerprint density at radius 2 is 1.91 bits per heavy atom. The quantitative estimate of drug-likeness (QED) is 0.813. The summed E-state index contributed by atoms with van der Waals surface area (Å²) in [5, 5.41) is 0. The van der Waals surface area contributed by atoms with Crippen molar-refractivity contribution in [3.8, 4) is 22.8 Å². The molecule has 0 bridgehead atoms. The van der Waals surface area contributed by atoms with Crippen molar-refractivity contribution in [1.82, 2.24) is 4.57 Å². The minimum atomic E-state index is 0.234. The van der Waals surface area contributed by atoms with E-state index in [0.717, 1.165) is 48.4 Å². The average Bonchev–Trinajstić information content (AvgIpc) is 3.31. The highest BCUT2D eigenvalue weighted by molar-refractivity contribution is 6.05. The fourth-order valence-corrected chi connectivity index (χ4v) is 3.31. The Bertz CT molecular complexity index is 756. The Balaban J connectivity index is 1.88. The predicted molar refractivity (Wildman–Crippen MR) is 83.7 cm³/mol.